The van der Waals surface area contributed by atoms with Gasteiger partial charge in [0.15, 0.2) is 0 Å². The van der Waals surface area contributed by atoms with Crippen LogP contribution >= 0.6 is 11.6 Å². The molecule has 0 aromatic carbocycles. The molecule has 3 heteroatoms. The lowest BCUT2D eigenvalue weighted by Crippen LogP contribution is -2.00. The number of rotatable bonds is 17. The van der Waals surface area contributed by atoms with Gasteiger partial charge in [0.1, 0.15) is 0 Å². The average molecular weight is 345 g/mol. The Labute approximate surface area is 149 Å². The van der Waals surface area contributed by atoms with E-state index in [1.165, 1.54) is 84.0 Å². The van der Waals surface area contributed by atoms with Crippen LogP contribution < -0.4 is 0 Å². The molecule has 0 fully saturated rings. The van der Waals surface area contributed by atoms with Crippen molar-refractivity contribution in [3.8, 4) is 0 Å². The molecule has 0 N–H and O–H groups in total. The van der Waals surface area contributed by atoms with Crippen LogP contribution in [0.15, 0.2) is 12.2 Å². The van der Waals surface area contributed by atoms with Crippen LogP contribution in [0.25, 0.3) is 0 Å². The molecule has 0 aliphatic heterocycles. The molecule has 0 aliphatic rings. The Balaban J connectivity index is 3.01. The van der Waals surface area contributed by atoms with Crippen LogP contribution in [0.4, 0.5) is 0 Å². The Morgan fingerprint density at radius 3 is 1.65 bits per heavy atom. The minimum absolute atomic E-state index is 0.159. The van der Waals surface area contributed by atoms with Crippen LogP contribution in [-0.2, 0) is 9.53 Å². The Morgan fingerprint density at radius 1 is 0.739 bits per heavy atom. The number of carbonyl (C=O) groups excluding carboxylic acids is 1. The van der Waals surface area contributed by atoms with Gasteiger partial charge in [0.2, 0.25) is 0 Å². The highest BCUT2D eigenvalue weighted by atomic mass is 35.5. The topological polar surface area (TPSA) is 26.3 Å². The van der Waals surface area contributed by atoms with Gasteiger partial charge in [-0.3, -0.25) is 4.79 Å². The summed E-state index contributed by atoms with van der Waals surface area (Å²) in [7, 11) is 0. The summed E-state index contributed by atoms with van der Waals surface area (Å²) in [5, 5.41) is 0. The second-order valence-corrected chi connectivity index (χ2v) is 6.70. The maximum atomic E-state index is 10.6. The molecule has 0 amide bonds. The summed E-state index contributed by atoms with van der Waals surface area (Å²) in [5.74, 6) is 0.581. The van der Waals surface area contributed by atoms with Gasteiger partial charge < -0.3 is 4.74 Å². The Bertz CT molecular complexity index is 277. The van der Waals surface area contributed by atoms with Gasteiger partial charge >= 0.3 is 5.97 Å². The molecule has 23 heavy (non-hydrogen) atoms. The lowest BCUT2D eigenvalue weighted by molar-refractivity contribution is -0.141. The van der Waals surface area contributed by atoms with E-state index in [-0.39, 0.29) is 5.97 Å². The van der Waals surface area contributed by atoms with E-state index >= 15 is 0 Å². The van der Waals surface area contributed by atoms with Gasteiger partial charge in [-0.1, -0.05) is 76.4 Å². The standard InChI is InChI=1S/C20H37ClO2/c1-20(22)23-19-17-15-13-11-9-7-5-3-2-4-6-8-10-12-14-16-18-21/h12,14H,2-11,13,15-19H2,1H3/b14-12+. The third-order valence-corrected chi connectivity index (χ3v) is 4.23. The van der Waals surface area contributed by atoms with Crippen molar-refractivity contribution in [1.29, 1.82) is 0 Å². The number of alkyl halides is 1. The van der Waals surface area contributed by atoms with Crippen molar-refractivity contribution >= 4 is 17.6 Å². The number of unbranched alkanes of at least 4 members (excludes halogenated alkanes) is 12. The van der Waals surface area contributed by atoms with Gasteiger partial charge in [0.05, 0.1) is 6.61 Å². The first-order valence-electron chi connectivity index (χ1n) is 9.61. The SMILES string of the molecule is CC(=O)OCCCCCCCCCCCCCC/C=C/CCCl. The summed E-state index contributed by atoms with van der Waals surface area (Å²) < 4.78 is 4.92. The summed E-state index contributed by atoms with van der Waals surface area (Å²) in [6, 6.07) is 0. The molecule has 0 rings (SSSR count). The summed E-state index contributed by atoms with van der Waals surface area (Å²) in [6.07, 6.45) is 22.5. The first-order chi connectivity index (χ1) is 11.3. The zero-order chi connectivity index (χ0) is 17.0. The number of hydrogen-bond acceptors (Lipinski definition) is 2. The predicted molar refractivity (Wildman–Crippen MR) is 101 cm³/mol. The van der Waals surface area contributed by atoms with Gasteiger partial charge in [-0.05, 0) is 25.7 Å². The van der Waals surface area contributed by atoms with E-state index in [0.717, 1.165) is 18.7 Å². The van der Waals surface area contributed by atoms with Crippen molar-refractivity contribution < 1.29 is 9.53 Å². The smallest absolute Gasteiger partial charge is 0.302 e. The Morgan fingerprint density at radius 2 is 1.17 bits per heavy atom. The lowest BCUT2D eigenvalue weighted by Gasteiger charge is -2.03. The molecule has 0 heterocycles. The fourth-order valence-electron chi connectivity index (χ4n) is 2.65. The third-order valence-electron chi connectivity index (χ3n) is 4.01. The Kier molecular flexibility index (Phi) is 19.1. The van der Waals surface area contributed by atoms with Crippen molar-refractivity contribution in [2.75, 3.05) is 12.5 Å². The number of esters is 1. The molecule has 0 atom stereocenters. The van der Waals surface area contributed by atoms with Crippen molar-refractivity contribution in [2.24, 2.45) is 0 Å². The minimum atomic E-state index is -0.159. The van der Waals surface area contributed by atoms with E-state index < -0.39 is 0 Å². The van der Waals surface area contributed by atoms with Crippen LogP contribution in [0.3, 0.4) is 0 Å². The second-order valence-electron chi connectivity index (χ2n) is 6.32. The summed E-state index contributed by atoms with van der Waals surface area (Å²) >= 11 is 5.62. The number of ether oxygens (including phenoxy) is 1. The molecule has 0 aliphatic carbocycles. The monoisotopic (exact) mass is 344 g/mol. The number of halogens is 1. The van der Waals surface area contributed by atoms with E-state index in [4.69, 9.17) is 16.3 Å². The number of allylic oxidation sites excluding steroid dienone is 2. The minimum Gasteiger partial charge on any atom is -0.466 e. The first kappa shape index (κ1) is 22.5. The zero-order valence-corrected chi connectivity index (χ0v) is 15.9. The molecule has 2 nitrogen and oxygen atoms in total. The van der Waals surface area contributed by atoms with Gasteiger partial charge in [-0.25, -0.2) is 0 Å². The molecule has 0 aromatic rings. The molecule has 0 bridgehead atoms. The highest BCUT2D eigenvalue weighted by molar-refractivity contribution is 6.17. The third kappa shape index (κ3) is 21.5. The molecular weight excluding hydrogens is 308 g/mol. The predicted octanol–water partition coefficient (Wildman–Crippen LogP) is 6.81. The molecule has 0 radical (unpaired) electrons. The van der Waals surface area contributed by atoms with Gasteiger partial charge in [-0.2, -0.15) is 0 Å². The van der Waals surface area contributed by atoms with Crippen LogP contribution in [-0.4, -0.2) is 18.5 Å². The molecule has 0 saturated carbocycles. The molecule has 0 spiro atoms. The highest BCUT2D eigenvalue weighted by Crippen LogP contribution is 2.12. The highest BCUT2D eigenvalue weighted by Gasteiger charge is 1.95. The second kappa shape index (κ2) is 19.5. The van der Waals surface area contributed by atoms with Crippen LogP contribution in [0.1, 0.15) is 96.8 Å². The molecule has 136 valence electrons. The fourth-order valence-corrected chi connectivity index (χ4v) is 2.77. The van der Waals surface area contributed by atoms with Gasteiger partial charge in [-0.15, -0.1) is 11.6 Å². The van der Waals surface area contributed by atoms with Crippen molar-refractivity contribution in [3.05, 3.63) is 12.2 Å². The summed E-state index contributed by atoms with van der Waals surface area (Å²) in [5.41, 5.74) is 0. The maximum Gasteiger partial charge on any atom is 0.302 e. The van der Waals surface area contributed by atoms with Crippen molar-refractivity contribution in [3.63, 3.8) is 0 Å². The van der Waals surface area contributed by atoms with E-state index in [1.807, 2.05) is 0 Å². The lowest BCUT2D eigenvalue weighted by atomic mass is 10.0. The quantitative estimate of drug-likeness (QED) is 0.125. The molecule has 0 saturated heterocycles. The zero-order valence-electron chi connectivity index (χ0n) is 15.2. The van der Waals surface area contributed by atoms with Gasteiger partial charge in [0, 0.05) is 12.8 Å². The van der Waals surface area contributed by atoms with Crippen LogP contribution in [0, 0.1) is 0 Å². The first-order valence-corrected chi connectivity index (χ1v) is 10.1. The molecular formula is C20H37ClO2. The van der Waals surface area contributed by atoms with Gasteiger partial charge in [0.25, 0.3) is 0 Å². The fraction of sp³-hybridized carbons (Fsp3) is 0.850. The average Bonchev–Trinajstić information content (AvgIpc) is 2.53. The summed E-state index contributed by atoms with van der Waals surface area (Å²) in [6.45, 7) is 2.07. The molecule has 0 aromatic heterocycles. The number of carbonyl (C=O) groups is 1. The largest absolute Gasteiger partial charge is 0.466 e. The maximum absolute atomic E-state index is 10.6. The van der Waals surface area contributed by atoms with Crippen LogP contribution in [0.2, 0.25) is 0 Å². The van der Waals surface area contributed by atoms with E-state index in [2.05, 4.69) is 12.2 Å². The summed E-state index contributed by atoms with van der Waals surface area (Å²) in [4.78, 5) is 10.6. The van der Waals surface area contributed by atoms with E-state index in [1.54, 1.807) is 0 Å². The number of hydrogen-bond donors (Lipinski definition) is 0. The van der Waals surface area contributed by atoms with E-state index in [0.29, 0.717) is 6.61 Å². The van der Waals surface area contributed by atoms with Crippen molar-refractivity contribution in [1.82, 2.24) is 0 Å². The van der Waals surface area contributed by atoms with Crippen molar-refractivity contribution in [2.45, 2.75) is 96.8 Å². The Hall–Kier alpha value is -0.500. The van der Waals surface area contributed by atoms with E-state index in [9.17, 15) is 4.79 Å². The normalized spacial score (nSPS) is 11.2. The van der Waals surface area contributed by atoms with Crippen LogP contribution in [0.5, 0.6) is 0 Å². The molecule has 0 unspecified atom stereocenters.